The lowest BCUT2D eigenvalue weighted by Gasteiger charge is -2.24. The summed E-state index contributed by atoms with van der Waals surface area (Å²) in [4.78, 5) is 17.7. The van der Waals surface area contributed by atoms with Gasteiger partial charge in [-0.2, -0.15) is 0 Å². The van der Waals surface area contributed by atoms with Crippen LogP contribution in [0.4, 0.5) is 11.4 Å². The smallest absolute Gasteiger partial charge is 0.255 e. The van der Waals surface area contributed by atoms with Crippen LogP contribution in [0.3, 0.4) is 0 Å². The molecule has 0 spiro atoms. The Hall–Kier alpha value is -3.64. The summed E-state index contributed by atoms with van der Waals surface area (Å²) < 4.78 is 5.76. The number of ether oxygens (including phenoxy) is 1. The van der Waals surface area contributed by atoms with Crippen molar-refractivity contribution in [2.75, 3.05) is 17.2 Å². The van der Waals surface area contributed by atoms with Crippen LogP contribution in [0.2, 0.25) is 0 Å². The maximum atomic E-state index is 13.0. The highest BCUT2D eigenvalue weighted by Crippen LogP contribution is 2.28. The monoisotopic (exact) mass is 484 g/mol. The van der Waals surface area contributed by atoms with Crippen molar-refractivity contribution in [3.8, 4) is 11.3 Å². The van der Waals surface area contributed by atoms with Gasteiger partial charge in [-0.05, 0) is 95.0 Å². The summed E-state index contributed by atoms with van der Waals surface area (Å²) in [5, 5.41) is 9.64. The molecule has 1 saturated carbocycles. The molecule has 4 rings (SSSR count). The van der Waals surface area contributed by atoms with Crippen LogP contribution >= 0.6 is 0 Å². The van der Waals surface area contributed by atoms with Crippen LogP contribution < -0.4 is 16.0 Å². The summed E-state index contributed by atoms with van der Waals surface area (Å²) in [6.45, 7) is 13.8. The van der Waals surface area contributed by atoms with Gasteiger partial charge in [-0.1, -0.05) is 30.3 Å². The van der Waals surface area contributed by atoms with E-state index in [-0.39, 0.29) is 11.5 Å². The Balaban J connectivity index is 1.40. The molecule has 1 amide bonds. The summed E-state index contributed by atoms with van der Waals surface area (Å²) >= 11 is 0. The number of rotatable bonds is 10. The number of hydrogen-bond acceptors (Lipinski definition) is 5. The van der Waals surface area contributed by atoms with Crippen LogP contribution in [-0.4, -0.2) is 23.0 Å². The van der Waals surface area contributed by atoms with Crippen molar-refractivity contribution in [2.45, 2.75) is 52.7 Å². The molecule has 0 aliphatic heterocycles. The Labute approximate surface area is 214 Å². The highest BCUT2D eigenvalue weighted by atomic mass is 16.5. The van der Waals surface area contributed by atoms with Crippen molar-refractivity contribution in [2.24, 2.45) is 5.92 Å². The number of pyridine rings is 1. The number of aryl methyl sites for hydroxylation is 1. The molecule has 0 bridgehead atoms. The van der Waals surface area contributed by atoms with E-state index < -0.39 is 0 Å². The van der Waals surface area contributed by atoms with E-state index in [0.29, 0.717) is 22.8 Å². The summed E-state index contributed by atoms with van der Waals surface area (Å²) in [5.41, 5.74) is 5.78. The van der Waals surface area contributed by atoms with Crippen molar-refractivity contribution in [1.82, 2.24) is 10.3 Å². The zero-order valence-electron chi connectivity index (χ0n) is 21.7. The lowest BCUT2D eigenvalue weighted by Crippen LogP contribution is -2.21. The first-order valence-corrected chi connectivity index (χ1v) is 12.5. The predicted molar refractivity (Wildman–Crippen MR) is 147 cm³/mol. The fraction of sp³-hybridized carbons (Fsp3) is 0.333. The summed E-state index contributed by atoms with van der Waals surface area (Å²) in [6, 6.07) is 17.2. The molecule has 0 unspecified atom stereocenters. The topological polar surface area (TPSA) is 75.3 Å². The number of carbonyl (C=O) groups is 1. The molecule has 3 N–H and O–H groups in total. The molecule has 1 fully saturated rings. The third-order valence-electron chi connectivity index (χ3n) is 5.89. The van der Waals surface area contributed by atoms with Crippen LogP contribution in [0, 0.1) is 12.8 Å². The molecular weight excluding hydrogens is 448 g/mol. The maximum absolute atomic E-state index is 13.0. The fourth-order valence-electron chi connectivity index (χ4n) is 3.99. The Kier molecular flexibility index (Phi) is 7.75. The minimum absolute atomic E-state index is 0.195. The van der Waals surface area contributed by atoms with Gasteiger partial charge in [0.15, 0.2) is 5.88 Å². The van der Waals surface area contributed by atoms with Gasteiger partial charge < -0.3 is 20.7 Å². The number of benzene rings is 2. The minimum Gasteiger partial charge on any atom is -0.474 e. The van der Waals surface area contributed by atoms with E-state index in [1.807, 2.05) is 75.5 Å². The van der Waals surface area contributed by atoms with Crippen LogP contribution in [-0.2, 0) is 11.3 Å². The lowest BCUT2D eigenvalue weighted by molar-refractivity contribution is 0.0565. The Morgan fingerprint density at radius 3 is 2.33 bits per heavy atom. The van der Waals surface area contributed by atoms with Gasteiger partial charge in [0.25, 0.3) is 5.91 Å². The van der Waals surface area contributed by atoms with E-state index in [1.165, 1.54) is 18.4 Å². The van der Waals surface area contributed by atoms with E-state index in [1.54, 1.807) is 0 Å². The standard InChI is InChI=1S/C30H36N4O2/c1-20-16-23(18-31-17-22-10-11-22)19-32-28(20)24-12-14-25(15-13-24)29(35)34-27-9-7-6-8-26(27)33-21(2)36-30(3,4)5/h6-9,12-16,19,22,31,33H,2,10-11,17-18H2,1,3-5H3,(H,34,35). The fourth-order valence-corrected chi connectivity index (χ4v) is 3.99. The molecule has 6 nitrogen and oxygen atoms in total. The van der Waals surface area contributed by atoms with Crippen LogP contribution in [0.5, 0.6) is 0 Å². The highest BCUT2D eigenvalue weighted by Gasteiger charge is 2.20. The molecule has 188 valence electrons. The van der Waals surface area contributed by atoms with Gasteiger partial charge in [0.2, 0.25) is 0 Å². The number of nitrogens with one attached hydrogen (secondary N) is 3. The van der Waals surface area contributed by atoms with Gasteiger partial charge in [-0.15, -0.1) is 0 Å². The van der Waals surface area contributed by atoms with E-state index in [9.17, 15) is 4.79 Å². The first-order valence-electron chi connectivity index (χ1n) is 12.5. The lowest BCUT2D eigenvalue weighted by atomic mass is 10.0. The van der Waals surface area contributed by atoms with Crippen molar-refractivity contribution < 1.29 is 9.53 Å². The molecule has 0 saturated heterocycles. The summed E-state index contributed by atoms with van der Waals surface area (Å²) in [5.74, 6) is 1.08. The SMILES string of the molecule is C=C(Nc1ccccc1NC(=O)c1ccc(-c2ncc(CNCC3CC3)cc2C)cc1)OC(C)(C)C. The van der Waals surface area contributed by atoms with Crippen LogP contribution in [0.25, 0.3) is 11.3 Å². The molecule has 1 aliphatic rings. The maximum Gasteiger partial charge on any atom is 0.255 e. The third-order valence-corrected chi connectivity index (χ3v) is 5.89. The molecule has 1 aromatic heterocycles. The van der Waals surface area contributed by atoms with Gasteiger partial charge in [0.05, 0.1) is 17.1 Å². The van der Waals surface area contributed by atoms with Gasteiger partial charge in [0.1, 0.15) is 5.60 Å². The van der Waals surface area contributed by atoms with E-state index in [4.69, 9.17) is 9.72 Å². The van der Waals surface area contributed by atoms with Crippen LogP contribution in [0.15, 0.2) is 73.3 Å². The number of nitrogens with zero attached hydrogens (tertiary/aromatic N) is 1. The third kappa shape index (κ3) is 7.18. The Bertz CT molecular complexity index is 1220. The zero-order chi connectivity index (χ0) is 25.7. The minimum atomic E-state index is -0.371. The summed E-state index contributed by atoms with van der Waals surface area (Å²) in [7, 11) is 0. The number of amides is 1. The Morgan fingerprint density at radius 2 is 1.72 bits per heavy atom. The van der Waals surface area contributed by atoms with E-state index in [2.05, 4.69) is 35.5 Å². The molecule has 3 aromatic rings. The van der Waals surface area contributed by atoms with Gasteiger partial charge in [-0.3, -0.25) is 9.78 Å². The highest BCUT2D eigenvalue weighted by molar-refractivity contribution is 6.06. The van der Waals surface area contributed by atoms with Crippen molar-refractivity contribution in [3.63, 3.8) is 0 Å². The van der Waals surface area contributed by atoms with Gasteiger partial charge in [0, 0.05) is 23.9 Å². The van der Waals surface area contributed by atoms with E-state index >= 15 is 0 Å². The number of carbonyl (C=O) groups excluding carboxylic acids is 1. The van der Waals surface area contributed by atoms with Crippen molar-refractivity contribution in [1.29, 1.82) is 0 Å². The predicted octanol–water partition coefficient (Wildman–Crippen LogP) is 6.51. The van der Waals surface area contributed by atoms with Crippen molar-refractivity contribution >= 4 is 17.3 Å². The summed E-state index contributed by atoms with van der Waals surface area (Å²) in [6.07, 6.45) is 4.63. The average Bonchev–Trinajstić information content (AvgIpc) is 3.64. The largest absolute Gasteiger partial charge is 0.474 e. The first-order chi connectivity index (χ1) is 17.2. The molecular formula is C30H36N4O2. The molecule has 1 aliphatic carbocycles. The second-order valence-electron chi connectivity index (χ2n) is 10.4. The normalized spacial score (nSPS) is 13.2. The number of para-hydroxylation sites is 2. The van der Waals surface area contributed by atoms with Crippen LogP contribution in [0.1, 0.15) is 55.1 Å². The van der Waals surface area contributed by atoms with Gasteiger partial charge >= 0.3 is 0 Å². The second-order valence-corrected chi connectivity index (χ2v) is 10.4. The first kappa shape index (κ1) is 25.5. The second kappa shape index (κ2) is 11.0. The molecule has 0 atom stereocenters. The van der Waals surface area contributed by atoms with Crippen molar-refractivity contribution in [3.05, 3.63) is 89.9 Å². The number of aromatic nitrogens is 1. The molecule has 6 heteroatoms. The Morgan fingerprint density at radius 1 is 1.06 bits per heavy atom. The quantitative estimate of drug-likeness (QED) is 0.286. The number of anilines is 2. The molecule has 2 aromatic carbocycles. The van der Waals surface area contributed by atoms with E-state index in [0.717, 1.165) is 35.8 Å². The molecule has 0 radical (unpaired) electrons. The molecule has 1 heterocycles. The average molecular weight is 485 g/mol. The van der Waals surface area contributed by atoms with Gasteiger partial charge in [-0.25, -0.2) is 0 Å². The number of hydrogen-bond donors (Lipinski definition) is 3. The zero-order valence-corrected chi connectivity index (χ0v) is 21.7. The molecule has 36 heavy (non-hydrogen) atoms.